The molecule has 0 spiro atoms. The standard InChI is InChI=1S/C23H17ClN2O3/c24-18-10-8-16(9-11-18)20-19(21(27)17-6-2-1-3-7-17)22(28)23(29)26(20)14-15-5-4-12-25-13-15/h1-13,20,27H,14H2/b21-19+/t20-/m0/s1. The van der Waals surface area contributed by atoms with Gasteiger partial charge in [0.2, 0.25) is 0 Å². The van der Waals surface area contributed by atoms with Crippen molar-refractivity contribution in [2.75, 3.05) is 0 Å². The van der Waals surface area contributed by atoms with Crippen LogP contribution in [0.1, 0.15) is 22.7 Å². The Balaban J connectivity index is 1.86. The first-order valence-electron chi connectivity index (χ1n) is 9.04. The van der Waals surface area contributed by atoms with E-state index in [0.717, 1.165) is 5.56 Å². The molecule has 1 aromatic heterocycles. The number of likely N-dealkylation sites (tertiary alicyclic amines) is 1. The van der Waals surface area contributed by atoms with Crippen LogP contribution in [0.3, 0.4) is 0 Å². The highest BCUT2D eigenvalue weighted by Gasteiger charge is 2.46. The molecule has 1 atom stereocenters. The average Bonchev–Trinajstić information content (AvgIpc) is 3.00. The van der Waals surface area contributed by atoms with E-state index in [2.05, 4.69) is 4.98 Å². The van der Waals surface area contributed by atoms with Gasteiger partial charge in [-0.25, -0.2) is 0 Å². The summed E-state index contributed by atoms with van der Waals surface area (Å²) in [5.74, 6) is -1.57. The van der Waals surface area contributed by atoms with Gasteiger partial charge in [0.25, 0.3) is 11.7 Å². The smallest absolute Gasteiger partial charge is 0.295 e. The third-order valence-corrected chi connectivity index (χ3v) is 5.10. The van der Waals surface area contributed by atoms with Crippen LogP contribution in [0.4, 0.5) is 0 Å². The summed E-state index contributed by atoms with van der Waals surface area (Å²) in [5.41, 5.74) is 2.02. The van der Waals surface area contributed by atoms with E-state index >= 15 is 0 Å². The van der Waals surface area contributed by atoms with Gasteiger partial charge in [-0.15, -0.1) is 0 Å². The molecule has 0 radical (unpaired) electrons. The molecule has 2 aromatic carbocycles. The third-order valence-electron chi connectivity index (χ3n) is 4.85. The Morgan fingerprint density at radius 3 is 2.38 bits per heavy atom. The number of carbonyl (C=O) groups is 2. The maximum Gasteiger partial charge on any atom is 0.295 e. The summed E-state index contributed by atoms with van der Waals surface area (Å²) in [6.45, 7) is 0.192. The van der Waals surface area contributed by atoms with Gasteiger partial charge in [-0.1, -0.05) is 60.1 Å². The molecule has 29 heavy (non-hydrogen) atoms. The fourth-order valence-electron chi connectivity index (χ4n) is 3.47. The van der Waals surface area contributed by atoms with Gasteiger partial charge in [0.05, 0.1) is 11.6 Å². The molecule has 0 bridgehead atoms. The van der Waals surface area contributed by atoms with Crippen LogP contribution in [0, 0.1) is 0 Å². The second kappa shape index (κ2) is 7.89. The molecule has 144 valence electrons. The molecule has 1 aliphatic heterocycles. The van der Waals surface area contributed by atoms with Crippen LogP contribution in [-0.4, -0.2) is 26.7 Å². The molecule has 2 heterocycles. The number of rotatable bonds is 4. The molecular formula is C23H17ClN2O3. The van der Waals surface area contributed by atoms with Crippen LogP contribution in [0.25, 0.3) is 5.76 Å². The summed E-state index contributed by atoms with van der Waals surface area (Å²) in [5, 5.41) is 11.5. The van der Waals surface area contributed by atoms with Gasteiger partial charge in [-0.2, -0.15) is 0 Å². The number of benzene rings is 2. The minimum Gasteiger partial charge on any atom is -0.507 e. The Morgan fingerprint density at radius 1 is 1.00 bits per heavy atom. The van der Waals surface area contributed by atoms with Gasteiger partial charge in [0.1, 0.15) is 5.76 Å². The zero-order valence-electron chi connectivity index (χ0n) is 15.3. The van der Waals surface area contributed by atoms with Crippen molar-refractivity contribution in [2.24, 2.45) is 0 Å². The lowest BCUT2D eigenvalue weighted by molar-refractivity contribution is -0.140. The van der Waals surface area contributed by atoms with Crippen LogP contribution in [-0.2, 0) is 16.1 Å². The summed E-state index contributed by atoms with van der Waals surface area (Å²) in [6, 6.07) is 18.5. The molecular weight excluding hydrogens is 388 g/mol. The number of Topliss-reactive ketones (excluding diaryl/α,β-unsaturated/α-hetero) is 1. The van der Waals surface area contributed by atoms with Crippen molar-refractivity contribution < 1.29 is 14.7 Å². The number of carbonyl (C=O) groups excluding carboxylic acids is 2. The number of aromatic nitrogens is 1. The van der Waals surface area contributed by atoms with Crippen LogP contribution in [0.15, 0.2) is 84.7 Å². The molecule has 0 unspecified atom stereocenters. The van der Waals surface area contributed by atoms with Crippen molar-refractivity contribution >= 4 is 29.1 Å². The number of hydrogen-bond acceptors (Lipinski definition) is 4. The molecule has 5 nitrogen and oxygen atoms in total. The van der Waals surface area contributed by atoms with Crippen LogP contribution in [0.2, 0.25) is 5.02 Å². The lowest BCUT2D eigenvalue weighted by atomic mass is 9.95. The molecule has 3 aromatic rings. The topological polar surface area (TPSA) is 70.5 Å². The highest BCUT2D eigenvalue weighted by atomic mass is 35.5. The monoisotopic (exact) mass is 404 g/mol. The average molecular weight is 405 g/mol. The van der Waals surface area contributed by atoms with Gasteiger partial charge >= 0.3 is 0 Å². The van der Waals surface area contributed by atoms with Crippen molar-refractivity contribution in [2.45, 2.75) is 12.6 Å². The van der Waals surface area contributed by atoms with Crippen LogP contribution >= 0.6 is 11.6 Å². The van der Waals surface area contributed by atoms with E-state index < -0.39 is 17.7 Å². The van der Waals surface area contributed by atoms with Gasteiger partial charge < -0.3 is 10.0 Å². The van der Waals surface area contributed by atoms with E-state index in [0.29, 0.717) is 16.1 Å². The molecule has 0 aliphatic carbocycles. The third kappa shape index (κ3) is 3.65. The first-order valence-corrected chi connectivity index (χ1v) is 9.42. The van der Waals surface area contributed by atoms with Crippen LogP contribution in [0.5, 0.6) is 0 Å². The molecule has 6 heteroatoms. The quantitative estimate of drug-likeness (QED) is 0.398. The SMILES string of the molecule is O=C1C(=O)N(Cc2cccnc2)[C@@H](c2ccc(Cl)cc2)/C1=C(\O)c1ccccc1. The number of pyridine rings is 1. The van der Waals surface area contributed by atoms with Crippen molar-refractivity contribution in [1.82, 2.24) is 9.88 Å². The van der Waals surface area contributed by atoms with E-state index in [1.807, 2.05) is 12.1 Å². The second-order valence-corrected chi connectivity index (χ2v) is 7.14. The normalized spacial score (nSPS) is 18.2. The van der Waals surface area contributed by atoms with Crippen molar-refractivity contribution in [3.63, 3.8) is 0 Å². The maximum atomic E-state index is 12.9. The van der Waals surface area contributed by atoms with E-state index in [1.54, 1.807) is 67.0 Å². The molecule has 0 saturated carbocycles. The lowest BCUT2D eigenvalue weighted by Gasteiger charge is -2.25. The lowest BCUT2D eigenvalue weighted by Crippen LogP contribution is -2.29. The highest BCUT2D eigenvalue weighted by Crippen LogP contribution is 2.40. The minimum atomic E-state index is -0.729. The second-order valence-electron chi connectivity index (χ2n) is 6.71. The predicted octanol–water partition coefficient (Wildman–Crippen LogP) is 4.36. The zero-order chi connectivity index (χ0) is 20.4. The fourth-order valence-corrected chi connectivity index (χ4v) is 3.60. The first-order chi connectivity index (χ1) is 14.1. The number of aliphatic hydroxyl groups is 1. The van der Waals surface area contributed by atoms with Crippen LogP contribution < -0.4 is 0 Å². The molecule has 1 amide bonds. The molecule has 1 N–H and O–H groups in total. The van der Waals surface area contributed by atoms with Crippen molar-refractivity contribution in [3.05, 3.63) is 106 Å². The number of ketones is 1. The molecule has 4 rings (SSSR count). The molecule has 1 aliphatic rings. The highest BCUT2D eigenvalue weighted by molar-refractivity contribution is 6.46. The Bertz CT molecular complexity index is 1080. The van der Waals surface area contributed by atoms with Crippen molar-refractivity contribution in [3.8, 4) is 0 Å². The largest absolute Gasteiger partial charge is 0.507 e. The Kier molecular flexibility index (Phi) is 5.14. The summed E-state index contributed by atoms with van der Waals surface area (Å²) in [4.78, 5) is 31.3. The predicted molar refractivity (Wildman–Crippen MR) is 110 cm³/mol. The summed E-state index contributed by atoms with van der Waals surface area (Å²) < 4.78 is 0. The van der Waals surface area contributed by atoms with E-state index in [1.165, 1.54) is 4.90 Å². The number of amides is 1. The minimum absolute atomic E-state index is 0.0624. The number of halogens is 1. The number of nitrogens with zero attached hydrogens (tertiary/aromatic N) is 2. The number of aliphatic hydroxyl groups excluding tert-OH is 1. The van der Waals surface area contributed by atoms with Gasteiger partial charge in [0.15, 0.2) is 0 Å². The maximum absolute atomic E-state index is 12.9. The number of hydrogen-bond donors (Lipinski definition) is 1. The molecule has 1 saturated heterocycles. The Labute approximate surface area is 172 Å². The first kappa shape index (κ1) is 18.9. The van der Waals surface area contributed by atoms with Crippen molar-refractivity contribution in [1.29, 1.82) is 0 Å². The van der Waals surface area contributed by atoms with Gasteiger partial charge in [-0.05, 0) is 29.3 Å². The van der Waals surface area contributed by atoms with Gasteiger partial charge in [0, 0.05) is 29.5 Å². The van der Waals surface area contributed by atoms with E-state index in [9.17, 15) is 14.7 Å². The van der Waals surface area contributed by atoms with Gasteiger partial charge in [-0.3, -0.25) is 14.6 Å². The Hall–Kier alpha value is -3.44. The molecule has 1 fully saturated rings. The summed E-state index contributed by atoms with van der Waals surface area (Å²) >= 11 is 6.02. The zero-order valence-corrected chi connectivity index (χ0v) is 16.1. The Morgan fingerprint density at radius 2 is 1.72 bits per heavy atom. The summed E-state index contributed by atoms with van der Waals surface area (Å²) in [6.07, 6.45) is 3.29. The van der Waals surface area contributed by atoms with E-state index in [-0.39, 0.29) is 17.9 Å². The van der Waals surface area contributed by atoms with E-state index in [4.69, 9.17) is 11.6 Å². The fraction of sp³-hybridized carbons (Fsp3) is 0.0870. The summed E-state index contributed by atoms with van der Waals surface area (Å²) in [7, 11) is 0.